The molecule has 3 aromatic rings. The molecule has 7 heteroatoms. The number of amides is 2. The molecule has 2 N–H and O–H groups in total. The van der Waals surface area contributed by atoms with Crippen LogP contribution >= 0.6 is 11.3 Å². The minimum absolute atomic E-state index is 0.348. The van der Waals surface area contributed by atoms with E-state index in [1.54, 1.807) is 12.1 Å². The van der Waals surface area contributed by atoms with Gasteiger partial charge in [-0.15, -0.1) is 11.3 Å². The van der Waals surface area contributed by atoms with E-state index < -0.39 is 0 Å². The molecular weight excluding hydrogens is 388 g/mol. The maximum absolute atomic E-state index is 12.4. The Morgan fingerprint density at radius 1 is 0.862 bits per heavy atom. The normalized spacial score (nSPS) is 12.3. The summed E-state index contributed by atoms with van der Waals surface area (Å²) in [4.78, 5) is 26.2. The molecule has 148 valence electrons. The second-order valence-electron chi connectivity index (χ2n) is 6.75. The maximum atomic E-state index is 12.4. The molecule has 0 radical (unpaired) electrons. The third-order valence-corrected chi connectivity index (χ3v) is 5.71. The predicted octanol–water partition coefficient (Wildman–Crippen LogP) is 3.88. The van der Waals surface area contributed by atoms with Crippen LogP contribution in [0.5, 0.6) is 11.5 Å². The standard InChI is InChI=1S/C22H20N2O4S/c1-13-3-5-16(14(2)11-13)21(25)23-24-22(26)20-8-7-19(29-20)15-4-6-17-18(12-15)28-10-9-27-17/h3-8,11-12H,9-10H2,1-2H3,(H,23,25)(H,24,26). The number of hydrogen-bond donors (Lipinski definition) is 2. The molecule has 6 nitrogen and oxygen atoms in total. The van der Waals surface area contributed by atoms with Gasteiger partial charge >= 0.3 is 0 Å². The minimum Gasteiger partial charge on any atom is -0.486 e. The number of carbonyl (C=O) groups excluding carboxylic acids is 2. The number of rotatable bonds is 3. The molecule has 1 aliphatic rings. The summed E-state index contributed by atoms with van der Waals surface area (Å²) < 4.78 is 11.2. The fourth-order valence-electron chi connectivity index (χ4n) is 3.12. The van der Waals surface area contributed by atoms with Crippen LogP contribution in [0.3, 0.4) is 0 Å². The summed E-state index contributed by atoms with van der Waals surface area (Å²) in [5.41, 5.74) is 8.36. The third kappa shape index (κ3) is 4.09. The highest BCUT2D eigenvalue weighted by molar-refractivity contribution is 7.17. The molecule has 0 saturated carbocycles. The fraction of sp³-hybridized carbons (Fsp3) is 0.182. The average Bonchev–Trinajstić information content (AvgIpc) is 3.22. The number of benzene rings is 2. The van der Waals surface area contributed by atoms with E-state index in [4.69, 9.17) is 9.47 Å². The molecule has 4 rings (SSSR count). The van der Waals surface area contributed by atoms with Gasteiger partial charge in [-0.25, -0.2) is 0 Å². The van der Waals surface area contributed by atoms with Crippen LogP contribution in [-0.4, -0.2) is 25.0 Å². The monoisotopic (exact) mass is 408 g/mol. The lowest BCUT2D eigenvalue weighted by molar-refractivity contribution is 0.0848. The van der Waals surface area contributed by atoms with Gasteiger partial charge < -0.3 is 9.47 Å². The van der Waals surface area contributed by atoms with Crippen LogP contribution in [0.2, 0.25) is 0 Å². The van der Waals surface area contributed by atoms with Gasteiger partial charge in [-0.1, -0.05) is 17.7 Å². The molecule has 1 aromatic heterocycles. The highest BCUT2D eigenvalue weighted by Crippen LogP contribution is 2.36. The van der Waals surface area contributed by atoms with E-state index in [2.05, 4.69) is 10.9 Å². The van der Waals surface area contributed by atoms with Crippen molar-refractivity contribution in [2.45, 2.75) is 13.8 Å². The molecule has 0 unspecified atom stereocenters. The number of hydrazine groups is 1. The van der Waals surface area contributed by atoms with E-state index in [1.807, 2.05) is 50.2 Å². The van der Waals surface area contributed by atoms with Crippen LogP contribution < -0.4 is 20.3 Å². The van der Waals surface area contributed by atoms with Crippen LogP contribution in [0.1, 0.15) is 31.2 Å². The zero-order chi connectivity index (χ0) is 20.4. The van der Waals surface area contributed by atoms with Crippen molar-refractivity contribution in [3.63, 3.8) is 0 Å². The zero-order valence-electron chi connectivity index (χ0n) is 16.1. The number of nitrogens with one attached hydrogen (secondary N) is 2. The van der Waals surface area contributed by atoms with Gasteiger partial charge in [-0.2, -0.15) is 0 Å². The molecule has 0 bridgehead atoms. The first-order valence-corrected chi connectivity index (χ1v) is 10.0. The van der Waals surface area contributed by atoms with Crippen LogP contribution in [0, 0.1) is 13.8 Å². The molecule has 0 aliphatic carbocycles. The van der Waals surface area contributed by atoms with Crippen molar-refractivity contribution in [1.29, 1.82) is 0 Å². The molecule has 0 fully saturated rings. The van der Waals surface area contributed by atoms with Gasteiger partial charge in [0.2, 0.25) is 0 Å². The quantitative estimate of drug-likeness (QED) is 0.645. The Morgan fingerprint density at radius 2 is 1.62 bits per heavy atom. The Kier molecular flexibility index (Phi) is 5.22. The highest BCUT2D eigenvalue weighted by Gasteiger charge is 2.16. The number of carbonyl (C=O) groups is 2. The van der Waals surface area contributed by atoms with Gasteiger partial charge in [0.25, 0.3) is 11.8 Å². The number of hydrogen-bond acceptors (Lipinski definition) is 5. The Balaban J connectivity index is 1.43. The van der Waals surface area contributed by atoms with Crippen molar-refractivity contribution in [1.82, 2.24) is 10.9 Å². The van der Waals surface area contributed by atoms with E-state index in [0.717, 1.165) is 27.3 Å². The first kappa shape index (κ1) is 19.0. The van der Waals surface area contributed by atoms with E-state index >= 15 is 0 Å². The van der Waals surface area contributed by atoms with Crippen molar-refractivity contribution >= 4 is 23.2 Å². The smallest absolute Gasteiger partial charge is 0.279 e. The molecule has 29 heavy (non-hydrogen) atoms. The second-order valence-corrected chi connectivity index (χ2v) is 7.83. The third-order valence-electron chi connectivity index (χ3n) is 4.57. The Bertz CT molecular complexity index is 1090. The summed E-state index contributed by atoms with van der Waals surface area (Å²) >= 11 is 1.34. The highest BCUT2D eigenvalue weighted by atomic mass is 32.1. The van der Waals surface area contributed by atoms with Crippen LogP contribution in [0.25, 0.3) is 10.4 Å². The van der Waals surface area contributed by atoms with Crippen molar-refractivity contribution in [2.24, 2.45) is 0 Å². The van der Waals surface area contributed by atoms with E-state index in [1.165, 1.54) is 11.3 Å². The Labute approximate surface area is 172 Å². The zero-order valence-corrected chi connectivity index (χ0v) is 16.9. The molecule has 1 aliphatic heterocycles. The summed E-state index contributed by atoms with van der Waals surface area (Å²) in [5, 5.41) is 0. The van der Waals surface area contributed by atoms with Crippen molar-refractivity contribution in [3.05, 3.63) is 70.1 Å². The predicted molar refractivity (Wildman–Crippen MR) is 112 cm³/mol. The maximum Gasteiger partial charge on any atom is 0.279 e. The summed E-state index contributed by atoms with van der Waals surface area (Å²) in [7, 11) is 0. The molecule has 0 saturated heterocycles. The van der Waals surface area contributed by atoms with E-state index in [9.17, 15) is 9.59 Å². The second kappa shape index (κ2) is 7.97. The van der Waals surface area contributed by atoms with Crippen LogP contribution in [-0.2, 0) is 0 Å². The van der Waals surface area contributed by atoms with E-state index in [0.29, 0.717) is 29.4 Å². The van der Waals surface area contributed by atoms with Gasteiger partial charge in [0.1, 0.15) is 13.2 Å². The number of fused-ring (bicyclic) bond motifs is 1. The van der Waals surface area contributed by atoms with Gasteiger partial charge in [-0.05, 0) is 61.4 Å². The molecule has 2 heterocycles. The number of thiophene rings is 1. The molecule has 2 aromatic carbocycles. The average molecular weight is 408 g/mol. The summed E-state index contributed by atoms with van der Waals surface area (Å²) in [6.07, 6.45) is 0. The Hall–Kier alpha value is -3.32. The summed E-state index contributed by atoms with van der Waals surface area (Å²) in [5.74, 6) is 0.717. The van der Waals surface area contributed by atoms with Crippen LogP contribution in [0.4, 0.5) is 0 Å². The number of aryl methyl sites for hydroxylation is 2. The first-order valence-electron chi connectivity index (χ1n) is 9.19. The fourth-order valence-corrected chi connectivity index (χ4v) is 4.02. The Morgan fingerprint density at radius 3 is 2.41 bits per heavy atom. The lowest BCUT2D eigenvalue weighted by atomic mass is 10.1. The molecular formula is C22H20N2O4S. The van der Waals surface area contributed by atoms with Crippen LogP contribution in [0.15, 0.2) is 48.5 Å². The summed E-state index contributed by atoms with van der Waals surface area (Å²) in [6, 6.07) is 14.8. The lowest BCUT2D eigenvalue weighted by Gasteiger charge is -2.18. The van der Waals surface area contributed by atoms with Gasteiger partial charge in [-0.3, -0.25) is 20.4 Å². The summed E-state index contributed by atoms with van der Waals surface area (Å²) in [6.45, 7) is 4.90. The number of ether oxygens (including phenoxy) is 2. The SMILES string of the molecule is Cc1ccc(C(=O)NNC(=O)c2ccc(-c3ccc4c(c3)OCCO4)s2)c(C)c1. The molecule has 0 spiro atoms. The lowest BCUT2D eigenvalue weighted by Crippen LogP contribution is -2.41. The first-order chi connectivity index (χ1) is 14.0. The largest absolute Gasteiger partial charge is 0.486 e. The van der Waals surface area contributed by atoms with Crippen molar-refractivity contribution < 1.29 is 19.1 Å². The van der Waals surface area contributed by atoms with Gasteiger partial charge in [0, 0.05) is 10.4 Å². The van der Waals surface area contributed by atoms with Gasteiger partial charge in [0.15, 0.2) is 11.5 Å². The minimum atomic E-state index is -0.364. The van der Waals surface area contributed by atoms with E-state index in [-0.39, 0.29) is 11.8 Å². The molecule has 0 atom stereocenters. The topological polar surface area (TPSA) is 76.7 Å². The van der Waals surface area contributed by atoms with Crippen molar-refractivity contribution in [3.8, 4) is 21.9 Å². The molecule has 2 amide bonds. The van der Waals surface area contributed by atoms with Crippen molar-refractivity contribution in [2.75, 3.05) is 13.2 Å². The van der Waals surface area contributed by atoms with Gasteiger partial charge in [0.05, 0.1) is 4.88 Å².